The fourth-order valence-corrected chi connectivity index (χ4v) is 1.87. The molecule has 0 spiro atoms. The molecule has 0 aromatic heterocycles. The highest BCUT2D eigenvalue weighted by Crippen LogP contribution is 2.30. The highest BCUT2D eigenvalue weighted by atomic mass is 16.5. The summed E-state index contributed by atoms with van der Waals surface area (Å²) in [5.41, 5.74) is 0.373. The molecule has 2 rings (SSSR count). The molecule has 0 bridgehead atoms. The van der Waals surface area contributed by atoms with Crippen molar-refractivity contribution >= 4 is 5.78 Å². The molecule has 0 saturated carbocycles. The van der Waals surface area contributed by atoms with Gasteiger partial charge in [-0.2, -0.15) is 0 Å². The fourth-order valence-electron chi connectivity index (χ4n) is 1.87. The Labute approximate surface area is 122 Å². The number of para-hydroxylation sites is 2. The van der Waals surface area contributed by atoms with Crippen LogP contribution in [0.3, 0.4) is 0 Å². The molecule has 2 aromatic rings. The van der Waals surface area contributed by atoms with Gasteiger partial charge >= 0.3 is 0 Å². The molecule has 0 saturated heterocycles. The van der Waals surface area contributed by atoms with E-state index in [4.69, 9.17) is 9.47 Å². The molecule has 0 radical (unpaired) electrons. The van der Waals surface area contributed by atoms with Crippen LogP contribution < -0.4 is 9.47 Å². The van der Waals surface area contributed by atoms with E-state index in [2.05, 4.69) is 0 Å². The lowest BCUT2D eigenvalue weighted by molar-refractivity contribution is 0.0916. The second kappa shape index (κ2) is 6.17. The number of carbonyl (C=O) groups is 1. The van der Waals surface area contributed by atoms with Crippen LogP contribution in [0, 0.1) is 6.92 Å². The molecule has 0 amide bonds. The molecule has 0 fully saturated rings. The summed E-state index contributed by atoms with van der Waals surface area (Å²) in [6.07, 6.45) is 0. The van der Waals surface area contributed by atoms with Gasteiger partial charge in [0.25, 0.3) is 0 Å². The van der Waals surface area contributed by atoms with Gasteiger partial charge in [0.2, 0.25) is 5.78 Å². The Kier molecular flexibility index (Phi) is 4.33. The highest BCUT2D eigenvalue weighted by molar-refractivity contribution is 6.00. The first-order valence-electron chi connectivity index (χ1n) is 6.35. The van der Waals surface area contributed by atoms with E-state index in [0.29, 0.717) is 11.5 Å². The highest BCUT2D eigenvalue weighted by Gasteiger charge is 2.16. The quantitative estimate of drug-likeness (QED) is 0.827. The first-order chi connectivity index (χ1) is 10.0. The smallest absolute Gasteiger partial charge is 0.203 e. The number of methoxy groups -OCH3 is 1. The number of carbonyl (C=O) groups excluding carboxylic acids is 1. The summed E-state index contributed by atoms with van der Waals surface area (Å²) in [6.45, 7) is 1.29. The first-order valence-corrected chi connectivity index (χ1v) is 6.35. The maximum atomic E-state index is 12.1. The number of aromatic hydroxyl groups is 2. The monoisotopic (exact) mass is 288 g/mol. The number of hydrogen-bond donors (Lipinski definition) is 2. The largest absolute Gasteiger partial charge is 0.508 e. The fraction of sp³-hybridized carbons (Fsp3) is 0.188. The van der Waals surface area contributed by atoms with Crippen LogP contribution in [-0.4, -0.2) is 29.7 Å². The van der Waals surface area contributed by atoms with Gasteiger partial charge < -0.3 is 19.7 Å². The Morgan fingerprint density at radius 2 is 1.76 bits per heavy atom. The summed E-state index contributed by atoms with van der Waals surface area (Å²) in [7, 11) is 1.51. The van der Waals surface area contributed by atoms with E-state index in [1.54, 1.807) is 24.3 Å². The molecule has 0 aliphatic rings. The number of ketones is 1. The van der Waals surface area contributed by atoms with Crippen LogP contribution in [0.5, 0.6) is 23.0 Å². The van der Waals surface area contributed by atoms with E-state index >= 15 is 0 Å². The summed E-state index contributed by atoms with van der Waals surface area (Å²) in [6, 6.07) is 9.71. The minimum absolute atomic E-state index is 0.0605. The maximum Gasteiger partial charge on any atom is 0.203 e. The Balaban J connectivity index is 2.14. The Morgan fingerprint density at radius 3 is 2.43 bits per heavy atom. The zero-order valence-corrected chi connectivity index (χ0v) is 11.8. The van der Waals surface area contributed by atoms with Crippen molar-refractivity contribution < 1.29 is 24.5 Å². The number of hydrogen-bond acceptors (Lipinski definition) is 5. The lowest BCUT2D eigenvalue weighted by Crippen LogP contribution is -2.12. The molecule has 0 atom stereocenters. The number of rotatable bonds is 5. The van der Waals surface area contributed by atoms with Crippen LogP contribution in [0.1, 0.15) is 15.9 Å². The molecular formula is C16H16O5. The normalized spacial score (nSPS) is 10.2. The summed E-state index contributed by atoms with van der Waals surface area (Å²) < 4.78 is 10.5. The molecule has 21 heavy (non-hydrogen) atoms. The maximum absolute atomic E-state index is 12.1. The SMILES string of the molecule is COc1ccccc1OCC(=O)c1ccc(O)c(C)c1O. The van der Waals surface area contributed by atoms with E-state index < -0.39 is 0 Å². The van der Waals surface area contributed by atoms with Crippen LogP contribution in [0.15, 0.2) is 36.4 Å². The predicted octanol–water partition coefficient (Wildman–Crippen LogP) is 2.68. The standard InChI is InChI=1S/C16H16O5/c1-10-12(17)8-7-11(16(10)19)13(18)9-21-15-6-4-3-5-14(15)20-2/h3-8,17,19H,9H2,1-2H3. The first kappa shape index (κ1) is 14.7. The Hall–Kier alpha value is -2.69. The summed E-state index contributed by atoms with van der Waals surface area (Å²) in [4.78, 5) is 12.1. The third kappa shape index (κ3) is 3.08. The van der Waals surface area contributed by atoms with Gasteiger partial charge in [-0.3, -0.25) is 4.79 Å². The third-order valence-electron chi connectivity index (χ3n) is 3.13. The van der Waals surface area contributed by atoms with Crippen LogP contribution in [-0.2, 0) is 0 Å². The van der Waals surface area contributed by atoms with Crippen LogP contribution in [0.25, 0.3) is 0 Å². The molecule has 0 unspecified atom stereocenters. The van der Waals surface area contributed by atoms with E-state index in [9.17, 15) is 15.0 Å². The van der Waals surface area contributed by atoms with E-state index in [0.717, 1.165) is 0 Å². The minimum Gasteiger partial charge on any atom is -0.508 e. The van der Waals surface area contributed by atoms with Crippen molar-refractivity contribution in [1.82, 2.24) is 0 Å². The number of benzene rings is 2. The van der Waals surface area contributed by atoms with Gasteiger partial charge in [-0.25, -0.2) is 0 Å². The molecule has 2 N–H and O–H groups in total. The predicted molar refractivity (Wildman–Crippen MR) is 77.3 cm³/mol. The van der Waals surface area contributed by atoms with Gasteiger partial charge in [-0.05, 0) is 31.2 Å². The van der Waals surface area contributed by atoms with Gasteiger partial charge in [0.1, 0.15) is 11.5 Å². The molecule has 5 heteroatoms. The van der Waals surface area contributed by atoms with Gasteiger partial charge in [0.15, 0.2) is 18.1 Å². The number of phenolic OH excluding ortho intramolecular Hbond substituents is 2. The Morgan fingerprint density at radius 1 is 1.10 bits per heavy atom. The van der Waals surface area contributed by atoms with Crippen LogP contribution in [0.4, 0.5) is 0 Å². The zero-order valence-electron chi connectivity index (χ0n) is 11.8. The van der Waals surface area contributed by atoms with Crippen LogP contribution >= 0.6 is 0 Å². The topological polar surface area (TPSA) is 76.0 Å². The van der Waals surface area contributed by atoms with Crippen molar-refractivity contribution in [3.05, 3.63) is 47.5 Å². The van der Waals surface area contributed by atoms with Gasteiger partial charge in [0.05, 0.1) is 12.7 Å². The average molecular weight is 288 g/mol. The van der Waals surface area contributed by atoms with Crippen molar-refractivity contribution in [2.24, 2.45) is 0 Å². The second-order valence-electron chi connectivity index (χ2n) is 4.47. The van der Waals surface area contributed by atoms with Crippen molar-refractivity contribution in [2.75, 3.05) is 13.7 Å². The average Bonchev–Trinajstić information content (AvgIpc) is 2.50. The second-order valence-corrected chi connectivity index (χ2v) is 4.47. The van der Waals surface area contributed by atoms with Crippen molar-refractivity contribution in [3.8, 4) is 23.0 Å². The Bertz CT molecular complexity index is 664. The number of ether oxygens (including phenoxy) is 2. The third-order valence-corrected chi connectivity index (χ3v) is 3.13. The molecular weight excluding hydrogens is 272 g/mol. The van der Waals surface area contributed by atoms with E-state index in [1.807, 2.05) is 0 Å². The van der Waals surface area contributed by atoms with E-state index in [1.165, 1.54) is 26.2 Å². The molecule has 0 aliphatic heterocycles. The molecule has 110 valence electrons. The van der Waals surface area contributed by atoms with Gasteiger partial charge in [0, 0.05) is 5.56 Å². The van der Waals surface area contributed by atoms with Crippen molar-refractivity contribution in [3.63, 3.8) is 0 Å². The molecule has 0 aliphatic carbocycles. The molecule has 5 nitrogen and oxygen atoms in total. The van der Waals surface area contributed by atoms with Crippen molar-refractivity contribution in [2.45, 2.75) is 6.92 Å². The lowest BCUT2D eigenvalue weighted by atomic mass is 10.1. The van der Waals surface area contributed by atoms with E-state index in [-0.39, 0.29) is 35.0 Å². The molecule has 2 aromatic carbocycles. The van der Waals surface area contributed by atoms with Gasteiger partial charge in [-0.15, -0.1) is 0 Å². The van der Waals surface area contributed by atoms with Crippen molar-refractivity contribution in [1.29, 1.82) is 0 Å². The summed E-state index contributed by atoms with van der Waals surface area (Å²) >= 11 is 0. The minimum atomic E-state index is -0.387. The molecule has 0 heterocycles. The number of phenols is 2. The summed E-state index contributed by atoms with van der Waals surface area (Å²) in [5, 5.41) is 19.3. The van der Waals surface area contributed by atoms with Crippen LogP contribution in [0.2, 0.25) is 0 Å². The number of Topliss-reactive ketones (excluding diaryl/α,β-unsaturated/α-hetero) is 1. The van der Waals surface area contributed by atoms with Gasteiger partial charge in [-0.1, -0.05) is 12.1 Å². The zero-order chi connectivity index (χ0) is 15.4. The summed E-state index contributed by atoms with van der Waals surface area (Å²) in [5.74, 6) is 0.291. The lowest BCUT2D eigenvalue weighted by Gasteiger charge is -2.11.